The third-order valence-electron chi connectivity index (χ3n) is 2.25. The van der Waals surface area contributed by atoms with Crippen LogP contribution < -0.4 is 5.73 Å². The third-order valence-corrected chi connectivity index (χ3v) is 2.25. The monoisotopic (exact) mass is 179 g/mol. The fourth-order valence-corrected chi connectivity index (χ4v) is 1.35. The van der Waals surface area contributed by atoms with E-state index in [9.17, 15) is 8.78 Å². The summed E-state index contributed by atoms with van der Waals surface area (Å²) in [4.78, 5) is 0. The molecular formula is C8H15F2NO. The highest BCUT2D eigenvalue weighted by molar-refractivity contribution is 4.83. The lowest BCUT2D eigenvalue weighted by molar-refractivity contribution is -0.133. The van der Waals surface area contributed by atoms with Gasteiger partial charge in [0.25, 0.3) is 5.92 Å². The van der Waals surface area contributed by atoms with Gasteiger partial charge in [-0.3, -0.25) is 0 Å². The first kappa shape index (κ1) is 9.86. The minimum Gasteiger partial charge on any atom is -0.376 e. The molecule has 12 heavy (non-hydrogen) atoms. The molecule has 2 nitrogen and oxygen atoms in total. The number of rotatable bonds is 2. The van der Waals surface area contributed by atoms with E-state index < -0.39 is 12.0 Å². The SMILES string of the molecule is CCC(N)C1CC(F)(F)CCO1. The van der Waals surface area contributed by atoms with Crippen LogP contribution in [0, 0.1) is 0 Å². The lowest BCUT2D eigenvalue weighted by atomic mass is 9.98. The van der Waals surface area contributed by atoms with Crippen LogP contribution in [0.3, 0.4) is 0 Å². The maximum atomic E-state index is 12.8. The molecule has 1 fully saturated rings. The van der Waals surface area contributed by atoms with Crippen LogP contribution >= 0.6 is 0 Å². The molecule has 0 saturated carbocycles. The largest absolute Gasteiger partial charge is 0.376 e. The van der Waals surface area contributed by atoms with E-state index in [0.29, 0.717) is 6.42 Å². The zero-order valence-corrected chi connectivity index (χ0v) is 7.22. The van der Waals surface area contributed by atoms with E-state index in [0.717, 1.165) is 0 Å². The van der Waals surface area contributed by atoms with Gasteiger partial charge in [0.15, 0.2) is 0 Å². The van der Waals surface area contributed by atoms with E-state index in [1.807, 2.05) is 6.92 Å². The Morgan fingerprint density at radius 1 is 1.67 bits per heavy atom. The second kappa shape index (κ2) is 3.66. The van der Waals surface area contributed by atoms with Crippen LogP contribution in [0.25, 0.3) is 0 Å². The number of alkyl halides is 2. The van der Waals surface area contributed by atoms with E-state index in [-0.39, 0.29) is 25.5 Å². The molecule has 0 aromatic heterocycles. The summed E-state index contributed by atoms with van der Waals surface area (Å²) >= 11 is 0. The van der Waals surface area contributed by atoms with Crippen molar-refractivity contribution >= 4 is 0 Å². The van der Waals surface area contributed by atoms with Crippen molar-refractivity contribution in [3.8, 4) is 0 Å². The minimum atomic E-state index is -2.57. The molecule has 0 aliphatic carbocycles. The van der Waals surface area contributed by atoms with Gasteiger partial charge in [-0.25, -0.2) is 8.78 Å². The first-order chi connectivity index (χ1) is 5.55. The molecule has 2 N–H and O–H groups in total. The van der Waals surface area contributed by atoms with Gasteiger partial charge < -0.3 is 10.5 Å². The fourth-order valence-electron chi connectivity index (χ4n) is 1.35. The standard InChI is InChI=1S/C8H15F2NO/c1-2-6(11)7-5-8(9,10)3-4-12-7/h6-7H,2-5,11H2,1H3. The molecule has 1 rings (SSSR count). The molecule has 1 saturated heterocycles. The average Bonchev–Trinajstić information content (AvgIpc) is 2.01. The summed E-state index contributed by atoms with van der Waals surface area (Å²) in [7, 11) is 0. The van der Waals surface area contributed by atoms with Crippen LogP contribution in [0.15, 0.2) is 0 Å². The molecular weight excluding hydrogens is 164 g/mol. The summed E-state index contributed by atoms with van der Waals surface area (Å²) in [5.41, 5.74) is 5.61. The van der Waals surface area contributed by atoms with Crippen molar-refractivity contribution in [1.82, 2.24) is 0 Å². The van der Waals surface area contributed by atoms with Gasteiger partial charge in [-0.05, 0) is 6.42 Å². The normalized spacial score (nSPS) is 31.5. The molecule has 2 atom stereocenters. The van der Waals surface area contributed by atoms with Crippen LogP contribution in [0.2, 0.25) is 0 Å². The maximum absolute atomic E-state index is 12.8. The predicted octanol–water partition coefficient (Wildman–Crippen LogP) is 1.54. The Morgan fingerprint density at radius 3 is 2.83 bits per heavy atom. The summed E-state index contributed by atoms with van der Waals surface area (Å²) in [5, 5.41) is 0. The highest BCUT2D eigenvalue weighted by Crippen LogP contribution is 2.31. The van der Waals surface area contributed by atoms with Crippen molar-refractivity contribution in [3.05, 3.63) is 0 Å². The summed E-state index contributed by atoms with van der Waals surface area (Å²) in [6.45, 7) is 2.01. The third kappa shape index (κ3) is 2.38. The maximum Gasteiger partial charge on any atom is 0.252 e. The van der Waals surface area contributed by atoms with Crippen molar-refractivity contribution in [1.29, 1.82) is 0 Å². The minimum absolute atomic E-state index is 0.130. The quantitative estimate of drug-likeness (QED) is 0.697. The van der Waals surface area contributed by atoms with Crippen LogP contribution in [0.1, 0.15) is 26.2 Å². The number of nitrogens with two attached hydrogens (primary N) is 1. The van der Waals surface area contributed by atoms with Gasteiger partial charge in [0.1, 0.15) is 0 Å². The Hall–Kier alpha value is -0.220. The molecule has 0 spiro atoms. The van der Waals surface area contributed by atoms with E-state index >= 15 is 0 Å². The summed E-state index contributed by atoms with van der Waals surface area (Å²) in [6.07, 6.45) is -0.165. The van der Waals surface area contributed by atoms with Crippen LogP contribution in [-0.2, 0) is 4.74 Å². The molecule has 0 bridgehead atoms. The lowest BCUT2D eigenvalue weighted by Gasteiger charge is -2.32. The van der Waals surface area contributed by atoms with Gasteiger partial charge in [-0.15, -0.1) is 0 Å². The van der Waals surface area contributed by atoms with Crippen molar-refractivity contribution in [2.24, 2.45) is 5.73 Å². The summed E-state index contributed by atoms with van der Waals surface area (Å²) in [6, 6.07) is -0.254. The van der Waals surface area contributed by atoms with Gasteiger partial charge in [0, 0.05) is 18.9 Å². The van der Waals surface area contributed by atoms with Crippen molar-refractivity contribution in [2.45, 2.75) is 44.3 Å². The van der Waals surface area contributed by atoms with Gasteiger partial charge in [-0.2, -0.15) is 0 Å². The molecule has 0 aromatic carbocycles. The Morgan fingerprint density at radius 2 is 2.33 bits per heavy atom. The second-order valence-corrected chi connectivity index (χ2v) is 3.29. The van der Waals surface area contributed by atoms with Gasteiger partial charge in [0.2, 0.25) is 0 Å². The Bertz CT molecular complexity index is 152. The molecule has 4 heteroatoms. The lowest BCUT2D eigenvalue weighted by Crippen LogP contribution is -2.44. The Labute approximate surface area is 71.1 Å². The van der Waals surface area contributed by atoms with Crippen LogP contribution in [0.5, 0.6) is 0 Å². The molecule has 72 valence electrons. The molecule has 0 aromatic rings. The zero-order chi connectivity index (χ0) is 9.19. The van der Waals surface area contributed by atoms with Gasteiger partial charge in [-0.1, -0.05) is 6.92 Å². The molecule has 0 radical (unpaired) electrons. The number of halogens is 2. The van der Waals surface area contributed by atoms with E-state index in [1.54, 1.807) is 0 Å². The van der Waals surface area contributed by atoms with Gasteiger partial charge in [0.05, 0.1) is 12.7 Å². The van der Waals surface area contributed by atoms with E-state index in [1.165, 1.54) is 0 Å². The van der Waals surface area contributed by atoms with E-state index in [2.05, 4.69) is 0 Å². The van der Waals surface area contributed by atoms with Crippen LogP contribution in [-0.4, -0.2) is 24.7 Å². The van der Waals surface area contributed by atoms with Crippen LogP contribution in [0.4, 0.5) is 8.78 Å². The Balaban J connectivity index is 2.46. The van der Waals surface area contributed by atoms with Gasteiger partial charge >= 0.3 is 0 Å². The number of ether oxygens (including phenoxy) is 1. The first-order valence-electron chi connectivity index (χ1n) is 4.30. The molecule has 1 aliphatic rings. The fraction of sp³-hybridized carbons (Fsp3) is 1.00. The predicted molar refractivity (Wildman–Crippen MR) is 42.2 cm³/mol. The first-order valence-corrected chi connectivity index (χ1v) is 4.30. The van der Waals surface area contributed by atoms with Crippen molar-refractivity contribution in [3.63, 3.8) is 0 Å². The molecule has 1 aliphatic heterocycles. The number of hydrogen-bond acceptors (Lipinski definition) is 2. The second-order valence-electron chi connectivity index (χ2n) is 3.29. The smallest absolute Gasteiger partial charge is 0.252 e. The van der Waals surface area contributed by atoms with E-state index in [4.69, 9.17) is 10.5 Å². The summed E-state index contributed by atoms with van der Waals surface area (Å²) < 4.78 is 30.8. The zero-order valence-electron chi connectivity index (χ0n) is 7.22. The molecule has 1 heterocycles. The molecule has 2 unspecified atom stereocenters. The topological polar surface area (TPSA) is 35.2 Å². The van der Waals surface area contributed by atoms with Crippen molar-refractivity contribution < 1.29 is 13.5 Å². The highest BCUT2D eigenvalue weighted by atomic mass is 19.3. The molecule has 0 amide bonds. The summed E-state index contributed by atoms with van der Waals surface area (Å²) in [5.74, 6) is -2.57. The van der Waals surface area contributed by atoms with Crippen molar-refractivity contribution in [2.75, 3.05) is 6.61 Å². The average molecular weight is 179 g/mol. The highest BCUT2D eigenvalue weighted by Gasteiger charge is 2.38. The Kier molecular flexibility index (Phi) is 3.01. The number of hydrogen-bond donors (Lipinski definition) is 1.